The highest BCUT2D eigenvalue weighted by Gasteiger charge is 2.14. The fraction of sp³-hybridized carbons (Fsp3) is 0.250. The van der Waals surface area contributed by atoms with Gasteiger partial charge >= 0.3 is 5.97 Å². The second kappa shape index (κ2) is 8.24. The Morgan fingerprint density at radius 1 is 1.20 bits per heavy atom. The molecule has 2 rings (SSSR count). The van der Waals surface area contributed by atoms with Gasteiger partial charge in [0, 0.05) is 5.56 Å². The second-order valence-electron chi connectivity index (χ2n) is 5.59. The third-order valence-corrected chi connectivity index (χ3v) is 3.73. The molecule has 132 valence electrons. The van der Waals surface area contributed by atoms with E-state index in [0.29, 0.717) is 17.7 Å². The zero-order chi connectivity index (χ0) is 18.4. The summed E-state index contributed by atoms with van der Waals surface area (Å²) in [4.78, 5) is 11.7. The van der Waals surface area contributed by atoms with Gasteiger partial charge in [0.2, 0.25) is 0 Å². The molecule has 0 heterocycles. The molecule has 0 bridgehead atoms. The number of aliphatic carboxylic acids is 1. The number of aryl methyl sites for hydroxylation is 1. The van der Waals surface area contributed by atoms with Gasteiger partial charge < -0.3 is 19.7 Å². The average Bonchev–Trinajstić information content (AvgIpc) is 2.59. The third kappa shape index (κ3) is 4.32. The lowest BCUT2D eigenvalue weighted by Gasteiger charge is -2.11. The summed E-state index contributed by atoms with van der Waals surface area (Å²) in [6.07, 6.45) is 2.33. The van der Waals surface area contributed by atoms with Crippen molar-refractivity contribution in [2.24, 2.45) is 0 Å². The number of rotatable bonds is 7. The van der Waals surface area contributed by atoms with Crippen LogP contribution in [-0.4, -0.2) is 29.9 Å². The number of ether oxygens (including phenoxy) is 2. The zero-order valence-electron chi connectivity index (χ0n) is 14.6. The van der Waals surface area contributed by atoms with Crippen molar-refractivity contribution >= 4 is 17.6 Å². The van der Waals surface area contributed by atoms with E-state index >= 15 is 0 Å². The molecule has 0 saturated carbocycles. The van der Waals surface area contributed by atoms with Gasteiger partial charge in [-0.2, -0.15) is 0 Å². The number of carboxylic acids is 1. The number of para-hydroxylation sites is 1. The molecule has 0 aliphatic carbocycles. The van der Waals surface area contributed by atoms with E-state index < -0.39 is 5.97 Å². The minimum atomic E-state index is -1.08. The van der Waals surface area contributed by atoms with E-state index in [1.165, 1.54) is 13.2 Å². The number of benzene rings is 2. The number of phenolic OH excluding ortho intramolecular Hbond substituents is 1. The normalized spacial score (nSPS) is 11.2. The highest BCUT2D eigenvalue weighted by atomic mass is 16.5. The molecule has 25 heavy (non-hydrogen) atoms. The first-order chi connectivity index (χ1) is 12.0. The first-order valence-electron chi connectivity index (χ1n) is 8.02. The minimum absolute atomic E-state index is 0.0775. The van der Waals surface area contributed by atoms with Crippen molar-refractivity contribution in [1.82, 2.24) is 0 Å². The van der Waals surface area contributed by atoms with Crippen molar-refractivity contribution in [3.63, 3.8) is 0 Å². The zero-order valence-corrected chi connectivity index (χ0v) is 14.6. The van der Waals surface area contributed by atoms with Crippen molar-refractivity contribution in [2.45, 2.75) is 20.3 Å². The summed E-state index contributed by atoms with van der Waals surface area (Å²) in [6, 6.07) is 10.2. The fourth-order valence-electron chi connectivity index (χ4n) is 2.44. The number of aromatic hydroxyl groups is 1. The molecule has 0 saturated heterocycles. The molecule has 0 fully saturated rings. The molecule has 2 aromatic rings. The predicted molar refractivity (Wildman–Crippen MR) is 97.1 cm³/mol. The molecule has 5 nitrogen and oxygen atoms in total. The Labute approximate surface area is 147 Å². The summed E-state index contributed by atoms with van der Waals surface area (Å²) in [5.74, 6) is -0.148. The number of hydrogen-bond donors (Lipinski definition) is 2. The SMILES string of the molecule is CCCOc1ccc(/C(=C/c2cccc(OC)c2O)C(=O)O)cc1C. The van der Waals surface area contributed by atoms with Gasteiger partial charge in [-0.1, -0.05) is 25.1 Å². The Hall–Kier alpha value is -2.95. The van der Waals surface area contributed by atoms with Crippen LogP contribution < -0.4 is 9.47 Å². The molecule has 0 spiro atoms. The van der Waals surface area contributed by atoms with Crippen molar-refractivity contribution < 1.29 is 24.5 Å². The minimum Gasteiger partial charge on any atom is -0.504 e. The van der Waals surface area contributed by atoms with Crippen LogP contribution in [0.2, 0.25) is 0 Å². The molecule has 0 aliphatic rings. The van der Waals surface area contributed by atoms with E-state index in [1.54, 1.807) is 36.4 Å². The molecular formula is C20H22O5. The van der Waals surface area contributed by atoms with Crippen molar-refractivity contribution in [2.75, 3.05) is 13.7 Å². The number of phenols is 1. The molecule has 0 atom stereocenters. The Morgan fingerprint density at radius 2 is 1.96 bits per heavy atom. The summed E-state index contributed by atoms with van der Waals surface area (Å²) in [5.41, 5.74) is 1.85. The van der Waals surface area contributed by atoms with E-state index in [1.807, 2.05) is 13.8 Å². The highest BCUT2D eigenvalue weighted by molar-refractivity contribution is 6.20. The van der Waals surface area contributed by atoms with Crippen molar-refractivity contribution in [3.8, 4) is 17.2 Å². The summed E-state index contributed by atoms with van der Waals surface area (Å²) >= 11 is 0. The van der Waals surface area contributed by atoms with Gasteiger partial charge in [0.25, 0.3) is 0 Å². The van der Waals surface area contributed by atoms with Crippen LogP contribution in [0.4, 0.5) is 0 Å². The third-order valence-electron chi connectivity index (χ3n) is 3.73. The fourth-order valence-corrected chi connectivity index (χ4v) is 2.44. The molecule has 0 aromatic heterocycles. The second-order valence-corrected chi connectivity index (χ2v) is 5.59. The van der Waals surface area contributed by atoms with Crippen LogP contribution in [-0.2, 0) is 4.79 Å². The van der Waals surface area contributed by atoms with Crippen LogP contribution in [0.5, 0.6) is 17.2 Å². The lowest BCUT2D eigenvalue weighted by Crippen LogP contribution is -2.02. The predicted octanol–water partition coefficient (Wildman–Crippen LogP) is 4.12. The maximum Gasteiger partial charge on any atom is 0.336 e. The summed E-state index contributed by atoms with van der Waals surface area (Å²) in [7, 11) is 1.44. The standard InChI is InChI=1S/C20H22O5/c1-4-10-25-17-9-8-14(11-13(17)2)16(20(22)23)12-15-6-5-7-18(24-3)19(15)21/h5-9,11-12,21H,4,10H2,1-3H3,(H,22,23)/b16-12-. The van der Waals surface area contributed by atoms with Crippen LogP contribution in [0, 0.1) is 6.92 Å². The molecule has 5 heteroatoms. The van der Waals surface area contributed by atoms with E-state index in [2.05, 4.69) is 0 Å². The summed E-state index contributed by atoms with van der Waals surface area (Å²) in [6.45, 7) is 4.51. The molecule has 0 aliphatic heterocycles. The largest absolute Gasteiger partial charge is 0.504 e. The molecule has 2 aromatic carbocycles. The van der Waals surface area contributed by atoms with Gasteiger partial charge in [-0.25, -0.2) is 4.79 Å². The summed E-state index contributed by atoms with van der Waals surface area (Å²) in [5, 5.41) is 19.8. The average molecular weight is 342 g/mol. The van der Waals surface area contributed by atoms with Crippen LogP contribution in [0.25, 0.3) is 11.6 Å². The Balaban J connectivity index is 2.45. The van der Waals surface area contributed by atoms with E-state index in [9.17, 15) is 15.0 Å². The topological polar surface area (TPSA) is 76.0 Å². The first kappa shape index (κ1) is 18.4. The number of methoxy groups -OCH3 is 1. The number of carbonyl (C=O) groups is 1. The van der Waals surface area contributed by atoms with Crippen LogP contribution in [0.3, 0.4) is 0 Å². The van der Waals surface area contributed by atoms with Crippen LogP contribution in [0.15, 0.2) is 36.4 Å². The molecule has 0 radical (unpaired) electrons. The smallest absolute Gasteiger partial charge is 0.336 e. The van der Waals surface area contributed by atoms with Gasteiger partial charge in [-0.15, -0.1) is 0 Å². The van der Waals surface area contributed by atoms with Crippen LogP contribution in [0.1, 0.15) is 30.0 Å². The Morgan fingerprint density at radius 3 is 2.56 bits per heavy atom. The highest BCUT2D eigenvalue weighted by Crippen LogP contribution is 2.33. The first-order valence-corrected chi connectivity index (χ1v) is 8.02. The Bertz CT molecular complexity index is 793. The maximum atomic E-state index is 11.7. The number of carboxylic acid groups (broad SMARTS) is 1. The molecule has 0 amide bonds. The van der Waals surface area contributed by atoms with Gasteiger partial charge in [0.05, 0.1) is 19.3 Å². The van der Waals surface area contributed by atoms with E-state index in [4.69, 9.17) is 9.47 Å². The quantitative estimate of drug-likeness (QED) is 0.585. The molecule has 0 unspecified atom stereocenters. The molecule has 2 N–H and O–H groups in total. The lowest BCUT2D eigenvalue weighted by atomic mass is 10.00. The summed E-state index contributed by atoms with van der Waals surface area (Å²) < 4.78 is 10.7. The van der Waals surface area contributed by atoms with E-state index in [0.717, 1.165) is 17.7 Å². The monoisotopic (exact) mass is 342 g/mol. The number of hydrogen-bond acceptors (Lipinski definition) is 4. The molecular weight excluding hydrogens is 320 g/mol. The van der Waals surface area contributed by atoms with Gasteiger partial charge in [0.1, 0.15) is 5.75 Å². The van der Waals surface area contributed by atoms with Crippen molar-refractivity contribution in [3.05, 3.63) is 53.1 Å². The maximum absolute atomic E-state index is 11.7. The van der Waals surface area contributed by atoms with Crippen LogP contribution >= 0.6 is 0 Å². The Kier molecular flexibility index (Phi) is 6.06. The van der Waals surface area contributed by atoms with Gasteiger partial charge in [-0.3, -0.25) is 0 Å². The van der Waals surface area contributed by atoms with Gasteiger partial charge in [0.15, 0.2) is 11.5 Å². The van der Waals surface area contributed by atoms with Crippen molar-refractivity contribution in [1.29, 1.82) is 0 Å². The lowest BCUT2D eigenvalue weighted by molar-refractivity contribution is -0.130. The van der Waals surface area contributed by atoms with Gasteiger partial charge in [-0.05, 0) is 48.7 Å². The van der Waals surface area contributed by atoms with E-state index in [-0.39, 0.29) is 17.1 Å².